The molecule has 0 saturated heterocycles. The van der Waals surface area contributed by atoms with Gasteiger partial charge in [-0.1, -0.05) is 30.4 Å². The van der Waals surface area contributed by atoms with Crippen LogP contribution in [-0.2, 0) is 4.79 Å². The number of thiocarbonyl (C=S) groups is 1. The summed E-state index contributed by atoms with van der Waals surface area (Å²) in [6.07, 6.45) is 2.84. The third-order valence-electron chi connectivity index (χ3n) is 3.01. The van der Waals surface area contributed by atoms with E-state index in [2.05, 4.69) is 0 Å². The van der Waals surface area contributed by atoms with Gasteiger partial charge < -0.3 is 10.6 Å². The highest BCUT2D eigenvalue weighted by atomic mass is 32.2. The van der Waals surface area contributed by atoms with E-state index in [0.29, 0.717) is 29.7 Å². The maximum Gasteiger partial charge on any atom is 0.233 e. The molecule has 0 aliphatic heterocycles. The molecule has 0 unspecified atom stereocenters. The molecular weight excluding hydrogens is 276 g/mol. The second-order valence-electron chi connectivity index (χ2n) is 4.64. The van der Waals surface area contributed by atoms with Crippen LogP contribution in [0, 0.1) is 0 Å². The van der Waals surface area contributed by atoms with Crippen molar-refractivity contribution in [2.24, 2.45) is 5.73 Å². The summed E-state index contributed by atoms with van der Waals surface area (Å²) in [4.78, 5) is 15.8. The van der Waals surface area contributed by atoms with E-state index in [1.807, 2.05) is 35.2 Å². The van der Waals surface area contributed by atoms with Crippen LogP contribution in [0.3, 0.4) is 0 Å². The molecule has 1 amide bonds. The van der Waals surface area contributed by atoms with Crippen LogP contribution in [0.5, 0.6) is 0 Å². The zero-order valence-corrected chi connectivity index (χ0v) is 12.4. The lowest BCUT2D eigenvalue weighted by Gasteiger charge is -2.22. The highest BCUT2D eigenvalue weighted by molar-refractivity contribution is 8.00. The van der Waals surface area contributed by atoms with Crippen molar-refractivity contribution in [3.8, 4) is 0 Å². The largest absolute Gasteiger partial charge is 0.393 e. The molecule has 1 fully saturated rings. The number of rotatable bonds is 7. The quantitative estimate of drug-likeness (QED) is 0.620. The summed E-state index contributed by atoms with van der Waals surface area (Å²) in [5, 5.41) is 0. The molecule has 0 atom stereocenters. The first-order chi connectivity index (χ1) is 9.16. The zero-order valence-electron chi connectivity index (χ0n) is 10.7. The molecule has 102 valence electrons. The summed E-state index contributed by atoms with van der Waals surface area (Å²) in [6, 6.07) is 10.4. The molecule has 2 N–H and O–H groups in total. The van der Waals surface area contributed by atoms with Gasteiger partial charge in [0.05, 0.1) is 10.7 Å². The van der Waals surface area contributed by atoms with E-state index in [-0.39, 0.29) is 5.91 Å². The molecule has 0 spiro atoms. The summed E-state index contributed by atoms with van der Waals surface area (Å²) >= 11 is 6.46. The van der Waals surface area contributed by atoms with E-state index in [1.165, 1.54) is 0 Å². The number of hydrogen-bond acceptors (Lipinski definition) is 3. The van der Waals surface area contributed by atoms with Crippen LogP contribution in [0.25, 0.3) is 0 Å². The minimum Gasteiger partial charge on any atom is -0.393 e. The second-order valence-corrected chi connectivity index (χ2v) is 6.21. The Hall–Kier alpha value is -1.07. The summed E-state index contributed by atoms with van der Waals surface area (Å²) in [7, 11) is 0. The SMILES string of the molecule is NC(=S)CCN(C(=O)CSc1ccccc1)C1CC1. The normalized spacial score (nSPS) is 14.1. The maximum atomic E-state index is 12.2. The molecule has 1 aromatic rings. The maximum absolute atomic E-state index is 12.2. The van der Waals surface area contributed by atoms with Crippen molar-refractivity contribution in [2.45, 2.75) is 30.2 Å². The number of amides is 1. The molecule has 1 saturated carbocycles. The van der Waals surface area contributed by atoms with Crippen LogP contribution in [-0.4, -0.2) is 34.1 Å². The van der Waals surface area contributed by atoms with Gasteiger partial charge in [0.25, 0.3) is 0 Å². The summed E-state index contributed by atoms with van der Waals surface area (Å²) in [5.41, 5.74) is 5.51. The van der Waals surface area contributed by atoms with Crippen molar-refractivity contribution in [1.82, 2.24) is 4.90 Å². The van der Waals surface area contributed by atoms with Gasteiger partial charge in [-0.2, -0.15) is 0 Å². The number of nitrogens with two attached hydrogens (primary N) is 1. The molecule has 5 heteroatoms. The van der Waals surface area contributed by atoms with Gasteiger partial charge in [-0.25, -0.2) is 0 Å². The Morgan fingerprint density at radius 1 is 1.37 bits per heavy atom. The fraction of sp³-hybridized carbons (Fsp3) is 0.429. The van der Waals surface area contributed by atoms with Crippen LogP contribution in [0.1, 0.15) is 19.3 Å². The first-order valence-corrected chi connectivity index (χ1v) is 7.82. The molecule has 0 heterocycles. The first kappa shape index (κ1) is 14.3. The van der Waals surface area contributed by atoms with Gasteiger partial charge in [-0.05, 0) is 25.0 Å². The van der Waals surface area contributed by atoms with E-state index in [9.17, 15) is 4.79 Å². The minimum atomic E-state index is 0.188. The van der Waals surface area contributed by atoms with Gasteiger partial charge in [-0.15, -0.1) is 11.8 Å². The fourth-order valence-electron chi connectivity index (χ4n) is 1.87. The Labute approximate surface area is 123 Å². The van der Waals surface area contributed by atoms with Crippen molar-refractivity contribution in [1.29, 1.82) is 0 Å². The molecule has 0 radical (unpaired) electrons. The predicted molar refractivity (Wildman–Crippen MR) is 83.3 cm³/mol. The number of nitrogens with zero attached hydrogens (tertiary/aromatic N) is 1. The van der Waals surface area contributed by atoms with Crippen molar-refractivity contribution < 1.29 is 4.79 Å². The highest BCUT2D eigenvalue weighted by Crippen LogP contribution is 2.28. The van der Waals surface area contributed by atoms with Crippen LogP contribution < -0.4 is 5.73 Å². The molecule has 1 aromatic carbocycles. The molecule has 2 rings (SSSR count). The lowest BCUT2D eigenvalue weighted by molar-refractivity contribution is -0.128. The van der Waals surface area contributed by atoms with Crippen molar-refractivity contribution >= 4 is 34.9 Å². The summed E-state index contributed by atoms with van der Waals surface area (Å²) < 4.78 is 0. The third-order valence-corrected chi connectivity index (χ3v) is 4.21. The van der Waals surface area contributed by atoms with E-state index in [0.717, 1.165) is 17.7 Å². The van der Waals surface area contributed by atoms with Gasteiger partial charge in [0.15, 0.2) is 0 Å². The van der Waals surface area contributed by atoms with E-state index in [1.54, 1.807) is 11.8 Å². The van der Waals surface area contributed by atoms with E-state index in [4.69, 9.17) is 18.0 Å². The van der Waals surface area contributed by atoms with Gasteiger partial charge in [0, 0.05) is 23.9 Å². The van der Waals surface area contributed by atoms with Gasteiger partial charge in [0.2, 0.25) is 5.91 Å². The molecule has 1 aliphatic carbocycles. The predicted octanol–water partition coefficient (Wildman–Crippen LogP) is 2.45. The second kappa shape index (κ2) is 6.91. The number of carbonyl (C=O) groups is 1. The van der Waals surface area contributed by atoms with Crippen LogP contribution in [0.15, 0.2) is 35.2 Å². The highest BCUT2D eigenvalue weighted by Gasteiger charge is 2.31. The van der Waals surface area contributed by atoms with Crippen molar-refractivity contribution in [2.75, 3.05) is 12.3 Å². The number of thioether (sulfide) groups is 1. The average molecular weight is 294 g/mol. The third kappa shape index (κ3) is 4.84. The Morgan fingerprint density at radius 3 is 2.63 bits per heavy atom. The first-order valence-electron chi connectivity index (χ1n) is 6.42. The van der Waals surface area contributed by atoms with Crippen LogP contribution in [0.4, 0.5) is 0 Å². The number of benzene rings is 1. The Bertz CT molecular complexity index is 446. The Morgan fingerprint density at radius 2 is 2.05 bits per heavy atom. The zero-order chi connectivity index (χ0) is 13.7. The minimum absolute atomic E-state index is 0.188. The van der Waals surface area contributed by atoms with Crippen molar-refractivity contribution in [3.05, 3.63) is 30.3 Å². The number of carbonyl (C=O) groups excluding carboxylic acids is 1. The van der Waals surface area contributed by atoms with Crippen LogP contribution >= 0.6 is 24.0 Å². The summed E-state index contributed by atoms with van der Waals surface area (Å²) in [6.45, 7) is 0.661. The van der Waals surface area contributed by atoms with Crippen molar-refractivity contribution in [3.63, 3.8) is 0 Å². The molecule has 0 bridgehead atoms. The number of hydrogen-bond donors (Lipinski definition) is 1. The van der Waals surface area contributed by atoms with Crippen LogP contribution in [0.2, 0.25) is 0 Å². The van der Waals surface area contributed by atoms with E-state index < -0.39 is 0 Å². The summed E-state index contributed by atoms with van der Waals surface area (Å²) in [5.74, 6) is 0.672. The Kier molecular flexibility index (Phi) is 5.22. The topological polar surface area (TPSA) is 46.3 Å². The molecular formula is C14H18N2OS2. The molecule has 3 nitrogen and oxygen atoms in total. The smallest absolute Gasteiger partial charge is 0.233 e. The lowest BCUT2D eigenvalue weighted by atomic mass is 10.3. The Balaban J connectivity index is 1.83. The van der Waals surface area contributed by atoms with Gasteiger partial charge >= 0.3 is 0 Å². The lowest BCUT2D eigenvalue weighted by Crippen LogP contribution is -2.36. The molecule has 1 aliphatic rings. The van der Waals surface area contributed by atoms with Gasteiger partial charge in [0.1, 0.15) is 0 Å². The fourth-order valence-corrected chi connectivity index (χ4v) is 2.77. The standard InChI is InChI=1S/C14H18N2OS2/c15-13(18)8-9-16(11-6-7-11)14(17)10-19-12-4-2-1-3-5-12/h1-5,11H,6-10H2,(H2,15,18). The monoisotopic (exact) mass is 294 g/mol. The van der Waals surface area contributed by atoms with E-state index >= 15 is 0 Å². The van der Waals surface area contributed by atoms with Gasteiger partial charge in [-0.3, -0.25) is 4.79 Å². The molecule has 0 aromatic heterocycles. The molecule has 19 heavy (non-hydrogen) atoms. The average Bonchev–Trinajstić information content (AvgIpc) is 3.22.